The van der Waals surface area contributed by atoms with Gasteiger partial charge in [0.1, 0.15) is 5.38 Å². The van der Waals surface area contributed by atoms with Crippen molar-refractivity contribution in [3.8, 4) is 0 Å². The summed E-state index contributed by atoms with van der Waals surface area (Å²) in [5, 5.41) is -0.336. The predicted octanol–water partition coefficient (Wildman–Crippen LogP) is 1.80. The van der Waals surface area contributed by atoms with Crippen LogP contribution in [0.5, 0.6) is 0 Å². The summed E-state index contributed by atoms with van der Waals surface area (Å²) in [6.07, 6.45) is 0.715. The molecule has 1 atom stereocenters. The Morgan fingerprint density at radius 2 is 1.81 bits per heavy atom. The maximum atomic E-state index is 11.8. The Labute approximate surface area is 104 Å². The lowest BCUT2D eigenvalue weighted by Gasteiger charge is -2.36. The summed E-state index contributed by atoms with van der Waals surface area (Å²) in [5.41, 5.74) is 0. The molecule has 0 radical (unpaired) electrons. The van der Waals surface area contributed by atoms with Gasteiger partial charge in [-0.05, 0) is 12.3 Å². The molecule has 0 aromatic rings. The maximum Gasteiger partial charge on any atom is 0.240 e. The molecule has 0 aromatic carbocycles. The zero-order chi connectivity index (χ0) is 12.1. The number of carbonyl (C=O) groups is 1. The largest absolute Gasteiger partial charge is 0.339 e. The first-order valence-corrected chi connectivity index (χ1v) is 6.63. The molecule has 1 heterocycles. The van der Waals surface area contributed by atoms with E-state index in [4.69, 9.17) is 11.6 Å². The van der Waals surface area contributed by atoms with Crippen LogP contribution in [0.15, 0.2) is 0 Å². The van der Waals surface area contributed by atoms with Crippen LogP contribution in [0.4, 0.5) is 0 Å². The summed E-state index contributed by atoms with van der Waals surface area (Å²) >= 11 is 5.96. The first kappa shape index (κ1) is 13.8. The topological polar surface area (TPSA) is 23.6 Å². The second kappa shape index (κ2) is 6.45. The molecule has 0 aliphatic carbocycles. The van der Waals surface area contributed by atoms with Gasteiger partial charge >= 0.3 is 0 Å². The van der Waals surface area contributed by atoms with E-state index in [9.17, 15) is 4.79 Å². The minimum atomic E-state index is -0.336. The molecule has 0 bridgehead atoms. The SMILES string of the molecule is CC[C@@H](Cl)C(=O)N1CCN(CC(C)C)CC1. The molecule has 4 heteroatoms. The lowest BCUT2D eigenvalue weighted by Crippen LogP contribution is -2.51. The summed E-state index contributed by atoms with van der Waals surface area (Å²) in [5.74, 6) is 0.798. The zero-order valence-corrected chi connectivity index (χ0v) is 11.3. The molecular weight excluding hydrogens is 224 g/mol. The van der Waals surface area contributed by atoms with Crippen LogP contribution in [-0.4, -0.2) is 53.8 Å². The highest BCUT2D eigenvalue weighted by Gasteiger charge is 2.25. The molecular formula is C12H23ClN2O. The third kappa shape index (κ3) is 3.95. The molecule has 94 valence electrons. The van der Waals surface area contributed by atoms with Crippen molar-refractivity contribution in [2.75, 3.05) is 32.7 Å². The zero-order valence-electron chi connectivity index (χ0n) is 10.6. The number of hydrogen-bond acceptors (Lipinski definition) is 2. The minimum Gasteiger partial charge on any atom is -0.339 e. The molecule has 1 fully saturated rings. The van der Waals surface area contributed by atoms with Gasteiger partial charge in [-0.2, -0.15) is 0 Å². The van der Waals surface area contributed by atoms with Gasteiger partial charge < -0.3 is 4.90 Å². The molecule has 3 nitrogen and oxygen atoms in total. The van der Waals surface area contributed by atoms with Crippen molar-refractivity contribution in [2.45, 2.75) is 32.6 Å². The summed E-state index contributed by atoms with van der Waals surface area (Å²) in [7, 11) is 0. The Bertz CT molecular complexity index is 225. The van der Waals surface area contributed by atoms with E-state index >= 15 is 0 Å². The summed E-state index contributed by atoms with van der Waals surface area (Å²) < 4.78 is 0. The number of hydrogen-bond donors (Lipinski definition) is 0. The fourth-order valence-corrected chi connectivity index (χ4v) is 2.18. The quantitative estimate of drug-likeness (QED) is 0.707. The number of piperazine rings is 1. The van der Waals surface area contributed by atoms with Gasteiger partial charge in [-0.1, -0.05) is 20.8 Å². The third-order valence-corrected chi connectivity index (χ3v) is 3.43. The van der Waals surface area contributed by atoms with Gasteiger partial charge in [-0.25, -0.2) is 0 Å². The summed E-state index contributed by atoms with van der Waals surface area (Å²) in [6, 6.07) is 0. The van der Waals surface area contributed by atoms with Gasteiger partial charge in [-0.3, -0.25) is 9.69 Å². The molecule has 0 aromatic heterocycles. The van der Waals surface area contributed by atoms with Crippen molar-refractivity contribution < 1.29 is 4.79 Å². The average molecular weight is 247 g/mol. The van der Waals surface area contributed by atoms with Crippen LogP contribution in [0.3, 0.4) is 0 Å². The predicted molar refractivity (Wildman–Crippen MR) is 67.8 cm³/mol. The number of carbonyl (C=O) groups excluding carboxylic acids is 1. The van der Waals surface area contributed by atoms with Crippen molar-refractivity contribution in [3.63, 3.8) is 0 Å². The van der Waals surface area contributed by atoms with Crippen molar-refractivity contribution in [3.05, 3.63) is 0 Å². The van der Waals surface area contributed by atoms with Crippen LogP contribution in [0.2, 0.25) is 0 Å². The van der Waals surface area contributed by atoms with Gasteiger partial charge in [0, 0.05) is 32.7 Å². The second-order valence-corrected chi connectivity index (χ2v) is 5.42. The molecule has 0 saturated carbocycles. The molecule has 1 aliphatic heterocycles. The minimum absolute atomic E-state index is 0.105. The van der Waals surface area contributed by atoms with E-state index in [0.717, 1.165) is 32.7 Å². The Morgan fingerprint density at radius 1 is 1.25 bits per heavy atom. The van der Waals surface area contributed by atoms with Crippen LogP contribution in [0.1, 0.15) is 27.2 Å². The van der Waals surface area contributed by atoms with E-state index in [2.05, 4.69) is 18.7 Å². The van der Waals surface area contributed by atoms with Gasteiger partial charge in [-0.15, -0.1) is 11.6 Å². The fourth-order valence-electron chi connectivity index (χ4n) is 2.04. The highest BCUT2D eigenvalue weighted by Crippen LogP contribution is 2.10. The maximum absolute atomic E-state index is 11.8. The molecule has 0 spiro atoms. The van der Waals surface area contributed by atoms with Crippen LogP contribution >= 0.6 is 11.6 Å². The summed E-state index contributed by atoms with van der Waals surface area (Å²) in [6.45, 7) is 11.1. The Kier molecular flexibility index (Phi) is 5.56. The Morgan fingerprint density at radius 3 is 2.25 bits per heavy atom. The molecule has 1 saturated heterocycles. The van der Waals surface area contributed by atoms with Crippen LogP contribution in [0.25, 0.3) is 0 Å². The number of alkyl halides is 1. The van der Waals surface area contributed by atoms with Gasteiger partial charge in [0.15, 0.2) is 0 Å². The van der Waals surface area contributed by atoms with Crippen molar-refractivity contribution in [1.82, 2.24) is 9.80 Å². The highest BCUT2D eigenvalue weighted by atomic mass is 35.5. The first-order chi connectivity index (χ1) is 7.54. The van der Waals surface area contributed by atoms with Crippen LogP contribution in [-0.2, 0) is 4.79 Å². The smallest absolute Gasteiger partial charge is 0.240 e. The summed E-state index contributed by atoms with van der Waals surface area (Å²) in [4.78, 5) is 16.2. The van der Waals surface area contributed by atoms with Crippen molar-refractivity contribution in [1.29, 1.82) is 0 Å². The molecule has 16 heavy (non-hydrogen) atoms. The molecule has 1 rings (SSSR count). The lowest BCUT2D eigenvalue weighted by molar-refractivity contribution is -0.132. The third-order valence-electron chi connectivity index (χ3n) is 2.93. The lowest BCUT2D eigenvalue weighted by atomic mass is 10.2. The highest BCUT2D eigenvalue weighted by molar-refractivity contribution is 6.30. The van der Waals surface area contributed by atoms with Crippen molar-refractivity contribution in [2.24, 2.45) is 5.92 Å². The van der Waals surface area contributed by atoms with Gasteiger partial charge in [0.2, 0.25) is 5.91 Å². The number of halogens is 1. The number of amides is 1. The molecule has 1 amide bonds. The molecule has 1 aliphatic rings. The fraction of sp³-hybridized carbons (Fsp3) is 0.917. The van der Waals surface area contributed by atoms with E-state index in [1.807, 2.05) is 11.8 Å². The van der Waals surface area contributed by atoms with E-state index in [1.165, 1.54) is 0 Å². The van der Waals surface area contributed by atoms with Crippen LogP contribution in [0, 0.1) is 5.92 Å². The van der Waals surface area contributed by atoms with Gasteiger partial charge in [0.05, 0.1) is 0 Å². The van der Waals surface area contributed by atoms with Crippen molar-refractivity contribution >= 4 is 17.5 Å². The Balaban J connectivity index is 2.34. The monoisotopic (exact) mass is 246 g/mol. The van der Waals surface area contributed by atoms with Gasteiger partial charge in [0.25, 0.3) is 0 Å². The standard InChI is InChI=1S/C12H23ClN2O/c1-4-11(13)12(16)15-7-5-14(6-8-15)9-10(2)3/h10-11H,4-9H2,1-3H3/t11-/m1/s1. The second-order valence-electron chi connectivity index (χ2n) is 4.90. The Hall–Kier alpha value is -0.280. The number of nitrogens with zero attached hydrogens (tertiary/aromatic N) is 2. The molecule has 0 N–H and O–H groups in total. The normalized spacial score (nSPS) is 20.2. The average Bonchev–Trinajstić information content (AvgIpc) is 2.27. The van der Waals surface area contributed by atoms with E-state index in [-0.39, 0.29) is 11.3 Å². The van der Waals surface area contributed by atoms with E-state index in [0.29, 0.717) is 12.3 Å². The van der Waals surface area contributed by atoms with Crippen LogP contribution < -0.4 is 0 Å². The van der Waals surface area contributed by atoms with E-state index < -0.39 is 0 Å². The first-order valence-electron chi connectivity index (χ1n) is 6.19. The molecule has 0 unspecified atom stereocenters. The van der Waals surface area contributed by atoms with E-state index in [1.54, 1.807) is 0 Å². The number of rotatable bonds is 4.